The van der Waals surface area contributed by atoms with Crippen molar-refractivity contribution in [3.05, 3.63) is 28.7 Å². The zero-order valence-corrected chi connectivity index (χ0v) is 10.4. The van der Waals surface area contributed by atoms with Gasteiger partial charge >= 0.3 is 6.09 Å². The number of anilines is 1. The molecule has 1 saturated carbocycles. The number of carbonyl (C=O) groups is 1. The molecule has 1 aromatic rings. The van der Waals surface area contributed by atoms with Gasteiger partial charge in [-0.3, -0.25) is 4.90 Å². The molecule has 1 aliphatic heterocycles. The van der Waals surface area contributed by atoms with Gasteiger partial charge in [0, 0.05) is 4.47 Å². The molecule has 0 atom stereocenters. The molecule has 0 unspecified atom stereocenters. The van der Waals surface area contributed by atoms with Gasteiger partial charge in [-0.2, -0.15) is 0 Å². The van der Waals surface area contributed by atoms with Crippen LogP contribution in [0, 0.1) is 0 Å². The third-order valence-corrected chi connectivity index (χ3v) is 4.17. The first-order chi connectivity index (χ1) is 7.73. The van der Waals surface area contributed by atoms with Gasteiger partial charge in [-0.25, -0.2) is 4.79 Å². The molecule has 1 spiro atoms. The van der Waals surface area contributed by atoms with Gasteiger partial charge in [0.1, 0.15) is 6.61 Å². The van der Waals surface area contributed by atoms with Gasteiger partial charge in [0.05, 0.1) is 11.2 Å². The summed E-state index contributed by atoms with van der Waals surface area (Å²) in [6, 6.07) is 7.80. The van der Waals surface area contributed by atoms with Crippen LogP contribution >= 0.6 is 15.9 Å². The predicted molar refractivity (Wildman–Crippen MR) is 64.6 cm³/mol. The Labute approximate surface area is 103 Å². The van der Waals surface area contributed by atoms with Gasteiger partial charge in [-0.05, 0) is 47.3 Å². The number of para-hydroxylation sites is 1. The summed E-state index contributed by atoms with van der Waals surface area (Å²) in [6.45, 7) is 0.535. The minimum Gasteiger partial charge on any atom is -0.447 e. The van der Waals surface area contributed by atoms with Gasteiger partial charge < -0.3 is 4.74 Å². The number of hydrogen-bond donors (Lipinski definition) is 0. The molecule has 0 radical (unpaired) electrons. The molecule has 3 rings (SSSR count). The minimum absolute atomic E-state index is 0.0685. The summed E-state index contributed by atoms with van der Waals surface area (Å²) < 4.78 is 6.14. The second-order valence-electron chi connectivity index (χ2n) is 4.42. The van der Waals surface area contributed by atoms with Crippen molar-refractivity contribution in [3.63, 3.8) is 0 Å². The number of cyclic esters (lactones) is 1. The Morgan fingerprint density at radius 2 is 2.06 bits per heavy atom. The molecule has 16 heavy (non-hydrogen) atoms. The van der Waals surface area contributed by atoms with Crippen molar-refractivity contribution in [2.75, 3.05) is 11.5 Å². The molecule has 4 heteroatoms. The van der Waals surface area contributed by atoms with E-state index in [0.717, 1.165) is 23.0 Å². The van der Waals surface area contributed by atoms with E-state index in [1.165, 1.54) is 6.42 Å². The van der Waals surface area contributed by atoms with Crippen LogP contribution < -0.4 is 4.90 Å². The first-order valence-corrected chi connectivity index (χ1v) is 6.24. The maximum absolute atomic E-state index is 11.8. The average Bonchev–Trinajstić information content (AvgIpc) is 2.57. The van der Waals surface area contributed by atoms with Crippen molar-refractivity contribution in [3.8, 4) is 0 Å². The van der Waals surface area contributed by atoms with Crippen LogP contribution in [0.1, 0.15) is 19.3 Å². The zero-order chi connectivity index (χ0) is 11.2. The number of amides is 1. The standard InChI is InChI=1S/C12H12BrNO2/c13-9-4-1-2-5-10(9)14-11(15)16-8-12(14)6-3-7-12/h1-2,4-5H,3,6-8H2. The largest absolute Gasteiger partial charge is 0.447 e. The first-order valence-electron chi connectivity index (χ1n) is 5.44. The topological polar surface area (TPSA) is 29.5 Å². The van der Waals surface area contributed by atoms with E-state index in [1.54, 1.807) is 0 Å². The van der Waals surface area contributed by atoms with Gasteiger partial charge in [0.15, 0.2) is 0 Å². The lowest BCUT2D eigenvalue weighted by Crippen LogP contribution is -2.52. The molecule has 84 valence electrons. The second kappa shape index (κ2) is 3.48. The number of rotatable bonds is 1. The SMILES string of the molecule is O=C1OCC2(CCC2)N1c1ccccc1Br. The predicted octanol–water partition coefficient (Wildman–Crippen LogP) is 3.33. The Balaban J connectivity index is 2.04. The van der Waals surface area contributed by atoms with Crippen molar-refractivity contribution >= 4 is 27.7 Å². The highest BCUT2D eigenvalue weighted by Gasteiger charge is 2.52. The van der Waals surface area contributed by atoms with Crippen molar-refractivity contribution in [2.45, 2.75) is 24.8 Å². The summed E-state index contributed by atoms with van der Waals surface area (Å²) in [4.78, 5) is 13.6. The Hall–Kier alpha value is -1.03. The number of benzene rings is 1. The highest BCUT2D eigenvalue weighted by molar-refractivity contribution is 9.10. The lowest BCUT2D eigenvalue weighted by molar-refractivity contribution is 0.154. The average molecular weight is 282 g/mol. The summed E-state index contributed by atoms with van der Waals surface area (Å²) in [5, 5.41) is 0. The molecule has 0 aromatic heterocycles. The molecule has 1 heterocycles. The summed E-state index contributed by atoms with van der Waals surface area (Å²) >= 11 is 3.49. The van der Waals surface area contributed by atoms with E-state index in [1.807, 2.05) is 29.2 Å². The number of nitrogens with zero attached hydrogens (tertiary/aromatic N) is 1. The first kappa shape index (κ1) is 10.1. The molecular formula is C12H12BrNO2. The van der Waals surface area contributed by atoms with Gasteiger partial charge in [0.25, 0.3) is 0 Å². The van der Waals surface area contributed by atoms with Gasteiger partial charge in [-0.15, -0.1) is 0 Å². The second-order valence-corrected chi connectivity index (χ2v) is 5.27. The Kier molecular flexibility index (Phi) is 2.21. The third-order valence-electron chi connectivity index (χ3n) is 3.50. The van der Waals surface area contributed by atoms with Crippen LogP contribution in [0.25, 0.3) is 0 Å². The number of hydrogen-bond acceptors (Lipinski definition) is 2. The van der Waals surface area contributed by atoms with Crippen LogP contribution in [0.2, 0.25) is 0 Å². The summed E-state index contributed by atoms with van der Waals surface area (Å²) in [7, 11) is 0. The van der Waals surface area contributed by atoms with Crippen LogP contribution in [0.5, 0.6) is 0 Å². The molecule has 1 saturated heterocycles. The fourth-order valence-electron chi connectivity index (χ4n) is 2.46. The van der Waals surface area contributed by atoms with E-state index < -0.39 is 0 Å². The van der Waals surface area contributed by atoms with Crippen LogP contribution in [-0.4, -0.2) is 18.2 Å². The Morgan fingerprint density at radius 3 is 2.69 bits per heavy atom. The quantitative estimate of drug-likeness (QED) is 0.790. The summed E-state index contributed by atoms with van der Waals surface area (Å²) in [5.41, 5.74) is 0.853. The zero-order valence-electron chi connectivity index (χ0n) is 8.78. The van der Waals surface area contributed by atoms with Crippen molar-refractivity contribution < 1.29 is 9.53 Å². The summed E-state index contributed by atoms with van der Waals surface area (Å²) in [5.74, 6) is 0. The highest BCUT2D eigenvalue weighted by Crippen LogP contribution is 2.46. The van der Waals surface area contributed by atoms with Gasteiger partial charge in [-0.1, -0.05) is 12.1 Å². The fraction of sp³-hybridized carbons (Fsp3) is 0.417. The monoisotopic (exact) mass is 281 g/mol. The molecule has 0 bridgehead atoms. The van der Waals surface area contributed by atoms with Crippen molar-refractivity contribution in [2.24, 2.45) is 0 Å². The lowest BCUT2D eigenvalue weighted by atomic mass is 9.76. The third kappa shape index (κ3) is 1.29. The van der Waals surface area contributed by atoms with Crippen LogP contribution in [0.4, 0.5) is 10.5 Å². The number of ether oxygens (including phenoxy) is 1. The molecular weight excluding hydrogens is 270 g/mol. The Bertz CT molecular complexity index is 442. The van der Waals surface area contributed by atoms with Crippen LogP contribution in [0.15, 0.2) is 28.7 Å². The fourth-order valence-corrected chi connectivity index (χ4v) is 2.92. The summed E-state index contributed by atoms with van der Waals surface area (Å²) in [6.07, 6.45) is 3.05. The normalized spacial score (nSPS) is 22.1. The van der Waals surface area contributed by atoms with E-state index in [0.29, 0.717) is 6.61 Å². The molecule has 2 fully saturated rings. The smallest absolute Gasteiger partial charge is 0.415 e. The van der Waals surface area contributed by atoms with Crippen LogP contribution in [0.3, 0.4) is 0 Å². The molecule has 0 N–H and O–H groups in total. The molecule has 1 aliphatic carbocycles. The maximum Gasteiger partial charge on any atom is 0.415 e. The van der Waals surface area contributed by atoms with E-state index >= 15 is 0 Å². The van der Waals surface area contributed by atoms with E-state index in [4.69, 9.17) is 4.74 Å². The van der Waals surface area contributed by atoms with E-state index in [-0.39, 0.29) is 11.6 Å². The molecule has 1 aromatic carbocycles. The minimum atomic E-state index is -0.216. The van der Waals surface area contributed by atoms with Gasteiger partial charge in [0.2, 0.25) is 0 Å². The van der Waals surface area contributed by atoms with E-state index in [9.17, 15) is 4.79 Å². The number of halogens is 1. The molecule has 2 aliphatic rings. The lowest BCUT2D eigenvalue weighted by Gasteiger charge is -2.42. The van der Waals surface area contributed by atoms with E-state index in [2.05, 4.69) is 15.9 Å². The van der Waals surface area contributed by atoms with Crippen molar-refractivity contribution in [1.82, 2.24) is 0 Å². The maximum atomic E-state index is 11.8. The Morgan fingerprint density at radius 1 is 1.31 bits per heavy atom. The number of carbonyl (C=O) groups excluding carboxylic acids is 1. The van der Waals surface area contributed by atoms with Crippen LogP contribution in [-0.2, 0) is 4.74 Å². The molecule has 3 nitrogen and oxygen atoms in total. The highest BCUT2D eigenvalue weighted by atomic mass is 79.9. The van der Waals surface area contributed by atoms with Crippen molar-refractivity contribution in [1.29, 1.82) is 0 Å². The molecule has 1 amide bonds.